The molecule has 0 saturated heterocycles. The molecule has 0 aliphatic carbocycles. The van der Waals surface area contributed by atoms with E-state index in [-0.39, 0.29) is 5.91 Å². The van der Waals surface area contributed by atoms with Crippen LogP contribution in [0.25, 0.3) is 0 Å². The summed E-state index contributed by atoms with van der Waals surface area (Å²) >= 11 is 0. The topological polar surface area (TPSA) is 118 Å². The SMILES string of the molecule is NNC(=O)c1ccccc1.O=[N+]([O-])O. The summed E-state index contributed by atoms with van der Waals surface area (Å²) in [5.74, 6) is 4.64. The standard InChI is InChI=1S/C7H8N2O.HNO3/c8-9-7(10)6-4-2-1-3-5-6;2-1(3)4/h1-5H,8H2,(H,9,10);(H,2,3,4). The molecule has 1 aromatic carbocycles. The molecule has 1 amide bonds. The Kier molecular flexibility index (Phi) is 5.40. The fourth-order valence-electron chi connectivity index (χ4n) is 0.673. The highest BCUT2D eigenvalue weighted by atomic mass is 16.9. The zero-order valence-corrected chi connectivity index (χ0v) is 7.08. The van der Waals surface area contributed by atoms with E-state index < -0.39 is 5.09 Å². The maximum atomic E-state index is 10.8. The fourth-order valence-corrected chi connectivity index (χ4v) is 0.673. The number of nitrogens with zero attached hydrogens (tertiary/aromatic N) is 1. The van der Waals surface area contributed by atoms with Crippen LogP contribution in [0.5, 0.6) is 0 Å². The lowest BCUT2D eigenvalue weighted by atomic mass is 10.2. The van der Waals surface area contributed by atoms with Crippen LogP contribution in [0, 0.1) is 10.1 Å². The van der Waals surface area contributed by atoms with Crippen LogP contribution in [-0.4, -0.2) is 16.2 Å². The Bertz CT molecular complexity index is 297. The number of nitrogens with one attached hydrogen (secondary N) is 1. The summed E-state index contributed by atoms with van der Waals surface area (Å²) in [5, 5.41) is 13.6. The van der Waals surface area contributed by atoms with Crippen LogP contribution >= 0.6 is 0 Å². The number of hydrogen-bond acceptors (Lipinski definition) is 4. The number of hydrogen-bond donors (Lipinski definition) is 3. The summed E-state index contributed by atoms with van der Waals surface area (Å²) in [4.78, 5) is 19.1. The average molecular weight is 199 g/mol. The quantitative estimate of drug-likeness (QED) is 0.253. The Hall–Kier alpha value is -2.15. The van der Waals surface area contributed by atoms with Crippen LogP contribution in [0.1, 0.15) is 10.4 Å². The van der Waals surface area contributed by atoms with Gasteiger partial charge in [-0.3, -0.25) is 10.2 Å². The summed E-state index contributed by atoms with van der Waals surface area (Å²) in [5.41, 5.74) is 2.62. The first kappa shape index (κ1) is 11.8. The molecule has 4 N–H and O–H groups in total. The number of benzene rings is 1. The van der Waals surface area contributed by atoms with Crippen molar-refractivity contribution in [3.05, 3.63) is 46.0 Å². The lowest BCUT2D eigenvalue weighted by Gasteiger charge is -1.95. The van der Waals surface area contributed by atoms with Gasteiger partial charge in [-0.15, -0.1) is 10.1 Å². The van der Waals surface area contributed by atoms with Crippen LogP contribution in [-0.2, 0) is 0 Å². The second-order valence-corrected chi connectivity index (χ2v) is 2.08. The molecular formula is C7H9N3O4. The molecule has 0 aliphatic heterocycles. The fraction of sp³-hybridized carbons (Fsp3) is 0. The van der Waals surface area contributed by atoms with Gasteiger partial charge in [0, 0.05) is 5.56 Å². The minimum atomic E-state index is -1.50. The van der Waals surface area contributed by atoms with Crippen molar-refractivity contribution in [2.45, 2.75) is 0 Å². The first-order valence-corrected chi connectivity index (χ1v) is 3.47. The minimum absolute atomic E-state index is 0.263. The Morgan fingerprint density at radius 1 is 1.43 bits per heavy atom. The second-order valence-electron chi connectivity index (χ2n) is 2.08. The Labute approximate surface area is 79.2 Å². The van der Waals surface area contributed by atoms with Gasteiger partial charge in [0.05, 0.1) is 0 Å². The van der Waals surface area contributed by atoms with Crippen LogP contribution in [0.4, 0.5) is 0 Å². The van der Waals surface area contributed by atoms with Gasteiger partial charge >= 0.3 is 0 Å². The molecular weight excluding hydrogens is 190 g/mol. The van der Waals surface area contributed by atoms with E-state index in [0.717, 1.165) is 0 Å². The third-order valence-electron chi connectivity index (χ3n) is 1.17. The highest BCUT2D eigenvalue weighted by Crippen LogP contribution is 1.95. The van der Waals surface area contributed by atoms with Gasteiger partial charge in [0.1, 0.15) is 0 Å². The molecule has 0 unspecified atom stereocenters. The lowest BCUT2D eigenvalue weighted by Crippen LogP contribution is -2.29. The van der Waals surface area contributed by atoms with Gasteiger partial charge in [0.15, 0.2) is 0 Å². The van der Waals surface area contributed by atoms with E-state index in [9.17, 15) is 4.79 Å². The molecule has 0 atom stereocenters. The zero-order chi connectivity index (χ0) is 11.0. The van der Waals surface area contributed by atoms with Gasteiger partial charge in [-0.2, -0.15) is 0 Å². The van der Waals surface area contributed by atoms with Crippen LogP contribution in [0.3, 0.4) is 0 Å². The van der Waals surface area contributed by atoms with E-state index in [1.165, 1.54) is 0 Å². The highest BCUT2D eigenvalue weighted by Gasteiger charge is 1.98. The van der Waals surface area contributed by atoms with Gasteiger partial charge < -0.3 is 5.21 Å². The summed E-state index contributed by atoms with van der Waals surface area (Å²) in [6, 6.07) is 8.80. The summed E-state index contributed by atoms with van der Waals surface area (Å²) in [6.45, 7) is 0. The third-order valence-corrected chi connectivity index (χ3v) is 1.17. The van der Waals surface area contributed by atoms with Crippen molar-refractivity contribution in [1.82, 2.24) is 5.43 Å². The second kappa shape index (κ2) is 6.38. The van der Waals surface area contributed by atoms with E-state index in [0.29, 0.717) is 5.56 Å². The maximum Gasteiger partial charge on any atom is 0.291 e. The van der Waals surface area contributed by atoms with E-state index in [4.69, 9.17) is 21.2 Å². The molecule has 0 spiro atoms. The van der Waals surface area contributed by atoms with Crippen molar-refractivity contribution in [2.75, 3.05) is 0 Å². The van der Waals surface area contributed by atoms with E-state index >= 15 is 0 Å². The van der Waals surface area contributed by atoms with Crippen LogP contribution in [0.15, 0.2) is 30.3 Å². The van der Waals surface area contributed by atoms with Crippen molar-refractivity contribution < 1.29 is 15.1 Å². The summed E-state index contributed by atoms with van der Waals surface area (Å²) < 4.78 is 0. The number of nitrogens with two attached hydrogens (primary N) is 1. The summed E-state index contributed by atoms with van der Waals surface area (Å²) in [6.07, 6.45) is 0. The number of nitrogen functional groups attached to an aromatic ring is 1. The van der Waals surface area contributed by atoms with Gasteiger partial charge in [-0.25, -0.2) is 5.84 Å². The predicted molar refractivity (Wildman–Crippen MR) is 46.9 cm³/mol. The zero-order valence-electron chi connectivity index (χ0n) is 7.08. The summed E-state index contributed by atoms with van der Waals surface area (Å²) in [7, 11) is 0. The average Bonchev–Trinajstić information content (AvgIpc) is 2.17. The molecule has 0 saturated carbocycles. The molecule has 0 aromatic heterocycles. The molecule has 14 heavy (non-hydrogen) atoms. The first-order chi connectivity index (χ1) is 6.57. The molecule has 1 aromatic rings. The van der Waals surface area contributed by atoms with Crippen LogP contribution < -0.4 is 11.3 Å². The normalized spacial score (nSPS) is 8.07. The Morgan fingerprint density at radius 3 is 2.21 bits per heavy atom. The number of rotatable bonds is 1. The molecule has 76 valence electrons. The number of carbonyl (C=O) groups excluding carboxylic acids is 1. The lowest BCUT2D eigenvalue weighted by molar-refractivity contribution is -0.742. The minimum Gasteiger partial charge on any atom is -0.328 e. The first-order valence-electron chi connectivity index (χ1n) is 3.47. The molecule has 0 aliphatic rings. The predicted octanol–water partition coefficient (Wildman–Crippen LogP) is -0.0576. The van der Waals surface area contributed by atoms with Crippen molar-refractivity contribution >= 4 is 5.91 Å². The van der Waals surface area contributed by atoms with Gasteiger partial charge in [-0.1, -0.05) is 18.2 Å². The number of amides is 1. The van der Waals surface area contributed by atoms with E-state index in [1.54, 1.807) is 24.3 Å². The monoisotopic (exact) mass is 199 g/mol. The van der Waals surface area contributed by atoms with Gasteiger partial charge in [0.2, 0.25) is 0 Å². The Balaban J connectivity index is 0.000000364. The van der Waals surface area contributed by atoms with E-state index in [2.05, 4.69) is 0 Å². The molecule has 1 rings (SSSR count). The largest absolute Gasteiger partial charge is 0.328 e. The number of hydrazine groups is 1. The van der Waals surface area contributed by atoms with E-state index in [1.807, 2.05) is 11.5 Å². The molecule has 7 heteroatoms. The molecule has 7 nitrogen and oxygen atoms in total. The van der Waals surface area contributed by atoms with Gasteiger partial charge in [0.25, 0.3) is 11.0 Å². The maximum absolute atomic E-state index is 10.8. The van der Waals surface area contributed by atoms with Gasteiger partial charge in [-0.05, 0) is 12.1 Å². The molecule has 0 radical (unpaired) electrons. The van der Waals surface area contributed by atoms with Crippen molar-refractivity contribution in [3.8, 4) is 0 Å². The van der Waals surface area contributed by atoms with Crippen molar-refractivity contribution in [2.24, 2.45) is 5.84 Å². The molecule has 0 bridgehead atoms. The third kappa shape index (κ3) is 5.49. The Morgan fingerprint density at radius 2 is 1.86 bits per heavy atom. The number of carbonyl (C=O) groups is 1. The smallest absolute Gasteiger partial charge is 0.291 e. The van der Waals surface area contributed by atoms with Crippen LogP contribution in [0.2, 0.25) is 0 Å². The molecule has 0 fully saturated rings. The molecule has 0 heterocycles. The van der Waals surface area contributed by atoms with Crippen molar-refractivity contribution in [3.63, 3.8) is 0 Å². The van der Waals surface area contributed by atoms with Crippen molar-refractivity contribution in [1.29, 1.82) is 0 Å². The highest BCUT2D eigenvalue weighted by molar-refractivity contribution is 5.93.